The second-order valence-corrected chi connectivity index (χ2v) is 8.97. The van der Waals surface area contributed by atoms with E-state index < -0.39 is 41.0 Å². The Hall–Kier alpha value is -5.24. The summed E-state index contributed by atoms with van der Waals surface area (Å²) >= 11 is 0. The van der Waals surface area contributed by atoms with Gasteiger partial charge in [0.2, 0.25) is 5.88 Å². The van der Waals surface area contributed by atoms with Crippen molar-refractivity contribution in [2.75, 3.05) is 0 Å². The van der Waals surface area contributed by atoms with Crippen molar-refractivity contribution in [2.45, 2.75) is 24.7 Å². The van der Waals surface area contributed by atoms with Gasteiger partial charge in [0.1, 0.15) is 36.0 Å². The van der Waals surface area contributed by atoms with Crippen molar-refractivity contribution in [1.82, 2.24) is 30.2 Å². The van der Waals surface area contributed by atoms with E-state index in [1.165, 1.54) is 24.5 Å². The minimum atomic E-state index is -4.20. The number of aliphatic hydroxyl groups is 1. The summed E-state index contributed by atoms with van der Waals surface area (Å²) in [6, 6.07) is 16.7. The molecule has 10 nitrogen and oxygen atoms in total. The Balaban J connectivity index is 1.29. The predicted octanol–water partition coefficient (Wildman–Crippen LogP) is 4.76. The van der Waals surface area contributed by atoms with Crippen molar-refractivity contribution in [3.05, 3.63) is 126 Å². The third kappa shape index (κ3) is 6.23. The Bertz CT molecular complexity index is 1640. The number of ether oxygens (including phenoxy) is 1. The van der Waals surface area contributed by atoms with Crippen LogP contribution in [0, 0.1) is 11.6 Å². The molecule has 3 heterocycles. The predicted molar refractivity (Wildman–Crippen MR) is 139 cm³/mol. The first-order valence-corrected chi connectivity index (χ1v) is 12.3. The molecular weight excluding hydrogens is 558 g/mol. The molecule has 5 aromatic rings. The molecule has 0 aliphatic heterocycles. The Kier molecular flexibility index (Phi) is 8.15. The number of benzene rings is 2. The average Bonchev–Trinajstić information content (AvgIpc) is 3.50. The van der Waals surface area contributed by atoms with Crippen molar-refractivity contribution >= 4 is 6.21 Å². The van der Waals surface area contributed by atoms with E-state index >= 15 is 8.78 Å². The van der Waals surface area contributed by atoms with E-state index in [1.54, 1.807) is 6.07 Å². The maximum atomic E-state index is 15.9. The van der Waals surface area contributed by atoms with Gasteiger partial charge in [-0.05, 0) is 46.3 Å². The van der Waals surface area contributed by atoms with Crippen LogP contribution < -0.4 is 4.74 Å². The minimum absolute atomic E-state index is 0.0617. The number of aromatic nitrogens is 6. The molecule has 1 atom stereocenters. The molecule has 42 heavy (non-hydrogen) atoms. The lowest BCUT2D eigenvalue weighted by Crippen LogP contribution is -2.48. The van der Waals surface area contributed by atoms with Gasteiger partial charge in [0.25, 0.3) is 0 Å². The first-order chi connectivity index (χ1) is 20.2. The van der Waals surface area contributed by atoms with E-state index in [0.717, 1.165) is 41.0 Å². The molecule has 3 aromatic heterocycles. The van der Waals surface area contributed by atoms with Gasteiger partial charge in [-0.25, -0.2) is 18.4 Å². The van der Waals surface area contributed by atoms with Gasteiger partial charge in [0.05, 0.1) is 19.0 Å². The van der Waals surface area contributed by atoms with Crippen molar-refractivity contribution in [3.8, 4) is 11.6 Å². The lowest BCUT2D eigenvalue weighted by molar-refractivity contribution is -0.207. The molecule has 0 saturated heterocycles. The summed E-state index contributed by atoms with van der Waals surface area (Å²) in [6.45, 7) is -0.658. The summed E-state index contributed by atoms with van der Waals surface area (Å²) < 4.78 is 66.3. The fraction of sp³-hybridized carbons (Fsp3) is 0.143. The van der Waals surface area contributed by atoms with E-state index in [2.05, 4.69) is 30.6 Å². The topological polar surface area (TPSA) is 120 Å². The number of alkyl halides is 2. The minimum Gasteiger partial charge on any atom is -0.437 e. The lowest BCUT2D eigenvalue weighted by Gasteiger charge is -2.35. The number of rotatable bonds is 11. The average molecular weight is 580 g/mol. The molecule has 0 fully saturated rings. The molecule has 1 unspecified atom stereocenters. The van der Waals surface area contributed by atoms with Crippen LogP contribution in [-0.4, -0.2) is 41.5 Å². The lowest BCUT2D eigenvalue weighted by atomic mass is 9.84. The second-order valence-electron chi connectivity index (χ2n) is 8.97. The summed E-state index contributed by atoms with van der Waals surface area (Å²) in [5.74, 6) is -6.38. The van der Waals surface area contributed by atoms with Crippen LogP contribution in [0.4, 0.5) is 17.6 Å². The van der Waals surface area contributed by atoms with Crippen LogP contribution in [0.2, 0.25) is 0 Å². The zero-order valence-electron chi connectivity index (χ0n) is 21.6. The molecule has 0 aliphatic rings. The van der Waals surface area contributed by atoms with Gasteiger partial charge in [0, 0.05) is 29.5 Å². The van der Waals surface area contributed by atoms with Crippen LogP contribution in [0.25, 0.3) is 0 Å². The van der Waals surface area contributed by atoms with Gasteiger partial charge in [-0.1, -0.05) is 35.5 Å². The highest BCUT2D eigenvalue weighted by Gasteiger charge is 2.58. The first kappa shape index (κ1) is 28.3. The van der Waals surface area contributed by atoms with E-state index in [-0.39, 0.29) is 11.6 Å². The fourth-order valence-corrected chi connectivity index (χ4v) is 3.94. The molecule has 214 valence electrons. The van der Waals surface area contributed by atoms with Crippen LogP contribution in [0.1, 0.15) is 22.4 Å². The summed E-state index contributed by atoms with van der Waals surface area (Å²) in [4.78, 5) is 13.1. The number of hydrogen-bond acceptors (Lipinski definition) is 9. The van der Waals surface area contributed by atoms with E-state index in [0.29, 0.717) is 18.2 Å². The van der Waals surface area contributed by atoms with Gasteiger partial charge in [-0.3, -0.25) is 4.98 Å². The van der Waals surface area contributed by atoms with Gasteiger partial charge in [-0.2, -0.15) is 8.78 Å². The number of nitrogens with zero attached hydrogens (tertiary/aromatic N) is 7. The van der Waals surface area contributed by atoms with Crippen molar-refractivity contribution < 1.29 is 32.2 Å². The molecule has 0 bridgehead atoms. The maximum Gasteiger partial charge on any atom is 0.323 e. The maximum absolute atomic E-state index is 15.9. The van der Waals surface area contributed by atoms with Gasteiger partial charge < -0.3 is 14.7 Å². The molecule has 14 heteroatoms. The molecule has 0 aliphatic carbocycles. The number of hydrogen-bond donors (Lipinski definition) is 1. The van der Waals surface area contributed by atoms with Gasteiger partial charge >= 0.3 is 5.92 Å². The summed E-state index contributed by atoms with van der Waals surface area (Å²) in [5, 5.41) is 25.3. The highest BCUT2D eigenvalue weighted by Crippen LogP contribution is 2.46. The van der Waals surface area contributed by atoms with Crippen LogP contribution in [0.15, 0.2) is 96.7 Å². The fourth-order valence-electron chi connectivity index (χ4n) is 3.94. The zero-order valence-corrected chi connectivity index (χ0v) is 21.6. The quantitative estimate of drug-likeness (QED) is 0.135. The molecule has 0 radical (unpaired) electrons. The summed E-state index contributed by atoms with van der Waals surface area (Å²) in [6.07, 6.45) is 4.90. The molecule has 0 spiro atoms. The first-order valence-electron chi connectivity index (χ1n) is 12.3. The standard InChI is InChI=1S/C28H21F4N7O3/c29-21-7-9-23(24(30)12-21)27(40,17-39-18-35-37-38-39)28(31,32)25-10-8-22(15-33-25)42-26-11-6-20(13-34-26)14-36-41-16-19-4-2-1-3-5-19/h1-15,18,40H,16-17H2. The Morgan fingerprint density at radius 1 is 0.952 bits per heavy atom. The largest absolute Gasteiger partial charge is 0.437 e. The smallest absolute Gasteiger partial charge is 0.323 e. The van der Waals surface area contributed by atoms with E-state index in [9.17, 15) is 13.9 Å². The number of oxime groups is 1. The Morgan fingerprint density at radius 3 is 2.45 bits per heavy atom. The third-order valence-corrected chi connectivity index (χ3v) is 6.07. The SMILES string of the molecule is OC(Cn1cnnn1)(c1ccc(F)cc1F)C(F)(F)c1ccc(Oc2ccc(C=NOCc3ccccc3)cn2)cn1. The number of tetrazole rings is 1. The van der Waals surface area contributed by atoms with Crippen LogP contribution in [0.5, 0.6) is 11.6 Å². The van der Waals surface area contributed by atoms with Crippen LogP contribution >= 0.6 is 0 Å². The monoisotopic (exact) mass is 579 g/mol. The molecule has 5 rings (SSSR count). The summed E-state index contributed by atoms with van der Waals surface area (Å²) in [7, 11) is 0. The third-order valence-electron chi connectivity index (χ3n) is 6.07. The molecule has 1 N–H and O–H groups in total. The molecule has 2 aromatic carbocycles. The van der Waals surface area contributed by atoms with Crippen LogP contribution in [-0.2, 0) is 29.5 Å². The summed E-state index contributed by atoms with van der Waals surface area (Å²) in [5.41, 5.74) is -3.44. The zero-order chi connectivity index (χ0) is 29.6. The van der Waals surface area contributed by atoms with Gasteiger partial charge in [-0.15, -0.1) is 5.10 Å². The number of pyridine rings is 2. The Morgan fingerprint density at radius 2 is 1.79 bits per heavy atom. The number of halogens is 4. The van der Waals surface area contributed by atoms with Crippen molar-refractivity contribution in [2.24, 2.45) is 5.16 Å². The van der Waals surface area contributed by atoms with Crippen LogP contribution in [0.3, 0.4) is 0 Å². The highest BCUT2D eigenvalue weighted by atomic mass is 19.3. The van der Waals surface area contributed by atoms with E-state index in [1.807, 2.05) is 30.3 Å². The molecule has 0 amide bonds. The molecular formula is C28H21F4N7O3. The normalized spacial score (nSPS) is 13.2. The molecule has 0 saturated carbocycles. The Labute approximate surface area is 235 Å². The van der Waals surface area contributed by atoms with Crippen molar-refractivity contribution in [3.63, 3.8) is 0 Å². The van der Waals surface area contributed by atoms with Gasteiger partial charge in [0.15, 0.2) is 5.60 Å². The van der Waals surface area contributed by atoms with E-state index in [4.69, 9.17) is 9.57 Å². The second kappa shape index (κ2) is 12.1. The van der Waals surface area contributed by atoms with Crippen molar-refractivity contribution in [1.29, 1.82) is 0 Å². The highest BCUT2D eigenvalue weighted by molar-refractivity contribution is 5.78.